The normalized spacial score (nSPS) is 38.2. The van der Waals surface area contributed by atoms with Gasteiger partial charge in [-0.1, -0.05) is 20.8 Å². The summed E-state index contributed by atoms with van der Waals surface area (Å²) in [5, 5.41) is 3.02. The molecule has 0 aromatic carbocycles. The van der Waals surface area contributed by atoms with E-state index in [9.17, 15) is 9.59 Å². The highest BCUT2D eigenvalue weighted by Crippen LogP contribution is 2.43. The minimum absolute atomic E-state index is 0.0794. The molecule has 1 aliphatic carbocycles. The van der Waals surface area contributed by atoms with Crippen LogP contribution in [0.25, 0.3) is 0 Å². The van der Waals surface area contributed by atoms with E-state index in [0.29, 0.717) is 12.5 Å². The lowest BCUT2D eigenvalue weighted by Gasteiger charge is -2.44. The number of carbonyl (C=O) groups excluding carboxylic acids is 2. The summed E-state index contributed by atoms with van der Waals surface area (Å²) in [5.74, 6) is 0.854. The van der Waals surface area contributed by atoms with Crippen molar-refractivity contribution in [1.29, 1.82) is 0 Å². The van der Waals surface area contributed by atoms with Crippen LogP contribution in [0.5, 0.6) is 0 Å². The van der Waals surface area contributed by atoms with E-state index >= 15 is 0 Å². The van der Waals surface area contributed by atoms with Crippen molar-refractivity contribution in [3.8, 4) is 0 Å². The maximum atomic E-state index is 13.1. The van der Waals surface area contributed by atoms with Crippen LogP contribution in [0.15, 0.2) is 0 Å². The van der Waals surface area contributed by atoms with Crippen LogP contribution < -0.4 is 5.32 Å². The van der Waals surface area contributed by atoms with Crippen LogP contribution in [-0.2, 0) is 14.3 Å². The number of piperidine rings is 1. The molecule has 3 fully saturated rings. The molecule has 2 aliphatic heterocycles. The Labute approximate surface area is 145 Å². The Morgan fingerprint density at radius 1 is 1.25 bits per heavy atom. The van der Waals surface area contributed by atoms with Crippen molar-refractivity contribution in [1.82, 2.24) is 10.2 Å². The fraction of sp³-hybridized carbons (Fsp3) is 0.895. The zero-order valence-corrected chi connectivity index (χ0v) is 15.8. The van der Waals surface area contributed by atoms with E-state index in [1.807, 2.05) is 4.90 Å². The molecule has 3 aliphatic rings. The molecule has 2 amide bonds. The predicted molar refractivity (Wildman–Crippen MR) is 92.1 cm³/mol. The average molecular weight is 336 g/mol. The standard InChI is InChI=1S/C19H32N2O3/c1-13-9-14(11-17(2,3)10-13)15(22)21-8-6-7-19(12-21)20-16(23)18(4,5)24-19/h13-14H,6-12H2,1-5H3,(H,20,23)/t13-,14+,19?/m1/s1. The summed E-state index contributed by atoms with van der Waals surface area (Å²) in [6.45, 7) is 11.6. The zero-order valence-electron chi connectivity index (χ0n) is 15.8. The fourth-order valence-electron chi connectivity index (χ4n) is 5.11. The second kappa shape index (κ2) is 5.72. The topological polar surface area (TPSA) is 58.6 Å². The number of rotatable bonds is 1. The number of nitrogens with zero attached hydrogens (tertiary/aromatic N) is 1. The lowest BCUT2D eigenvalue weighted by molar-refractivity contribution is -0.157. The van der Waals surface area contributed by atoms with Gasteiger partial charge < -0.3 is 15.0 Å². The number of hydrogen-bond acceptors (Lipinski definition) is 3. The molecule has 1 spiro atoms. The Morgan fingerprint density at radius 2 is 1.96 bits per heavy atom. The largest absolute Gasteiger partial charge is 0.338 e. The summed E-state index contributed by atoms with van der Waals surface area (Å²) >= 11 is 0. The van der Waals surface area contributed by atoms with Crippen molar-refractivity contribution in [2.45, 2.75) is 78.0 Å². The van der Waals surface area contributed by atoms with Gasteiger partial charge in [-0.2, -0.15) is 0 Å². The molecule has 0 bridgehead atoms. The number of carbonyl (C=O) groups is 2. The van der Waals surface area contributed by atoms with Crippen molar-refractivity contribution in [2.75, 3.05) is 13.1 Å². The van der Waals surface area contributed by atoms with Gasteiger partial charge in [0.25, 0.3) is 5.91 Å². The van der Waals surface area contributed by atoms with Gasteiger partial charge in [0.1, 0.15) is 5.60 Å². The molecule has 1 saturated carbocycles. The number of nitrogens with one attached hydrogen (secondary N) is 1. The Bertz CT molecular complexity index is 543. The molecule has 2 heterocycles. The summed E-state index contributed by atoms with van der Waals surface area (Å²) in [5.41, 5.74) is -1.27. The summed E-state index contributed by atoms with van der Waals surface area (Å²) in [6.07, 6.45) is 4.77. The average Bonchev–Trinajstić information content (AvgIpc) is 2.64. The van der Waals surface area contributed by atoms with Gasteiger partial charge in [0.2, 0.25) is 5.91 Å². The van der Waals surface area contributed by atoms with E-state index < -0.39 is 11.3 Å². The maximum Gasteiger partial charge on any atom is 0.254 e. The Morgan fingerprint density at radius 3 is 2.54 bits per heavy atom. The lowest BCUT2D eigenvalue weighted by Crippen LogP contribution is -2.58. The molecule has 1 N–H and O–H groups in total. The SMILES string of the molecule is C[C@@H]1C[C@H](C(=O)N2CCCC3(C2)NC(=O)C(C)(C)O3)CC(C)(C)C1. The number of likely N-dealkylation sites (tertiary alicyclic amines) is 1. The minimum atomic E-state index is -0.812. The van der Waals surface area contributed by atoms with Crippen LogP contribution in [0.4, 0.5) is 0 Å². The molecule has 2 saturated heterocycles. The van der Waals surface area contributed by atoms with Gasteiger partial charge in [-0.15, -0.1) is 0 Å². The van der Waals surface area contributed by atoms with Crippen molar-refractivity contribution >= 4 is 11.8 Å². The third-order valence-electron chi connectivity index (χ3n) is 5.84. The first kappa shape index (κ1) is 17.7. The summed E-state index contributed by atoms with van der Waals surface area (Å²) < 4.78 is 6.06. The van der Waals surface area contributed by atoms with Crippen molar-refractivity contribution < 1.29 is 14.3 Å². The van der Waals surface area contributed by atoms with Gasteiger partial charge in [0.05, 0.1) is 6.54 Å². The predicted octanol–water partition coefficient (Wildman–Crippen LogP) is 2.69. The molecule has 136 valence electrons. The zero-order chi connectivity index (χ0) is 17.8. The summed E-state index contributed by atoms with van der Waals surface area (Å²) in [7, 11) is 0. The van der Waals surface area contributed by atoms with Gasteiger partial charge in [0, 0.05) is 12.5 Å². The number of ether oxygens (including phenoxy) is 1. The highest BCUT2D eigenvalue weighted by Gasteiger charge is 2.53. The van der Waals surface area contributed by atoms with Crippen LogP contribution in [-0.4, -0.2) is 41.1 Å². The van der Waals surface area contributed by atoms with Crippen LogP contribution in [0, 0.1) is 17.3 Å². The second-order valence-corrected chi connectivity index (χ2v) is 9.53. The molecule has 5 nitrogen and oxygen atoms in total. The van der Waals surface area contributed by atoms with Crippen molar-refractivity contribution in [2.24, 2.45) is 17.3 Å². The van der Waals surface area contributed by atoms with E-state index in [-0.39, 0.29) is 23.1 Å². The highest BCUT2D eigenvalue weighted by molar-refractivity contribution is 5.87. The first-order valence-corrected chi connectivity index (χ1v) is 9.34. The van der Waals surface area contributed by atoms with Gasteiger partial charge >= 0.3 is 0 Å². The van der Waals surface area contributed by atoms with E-state index in [1.54, 1.807) is 13.8 Å². The summed E-state index contributed by atoms with van der Waals surface area (Å²) in [4.78, 5) is 27.2. The Balaban J connectivity index is 1.71. The molecule has 0 aromatic heterocycles. The molecular formula is C19H32N2O3. The first-order chi connectivity index (χ1) is 11.0. The van der Waals surface area contributed by atoms with Gasteiger partial charge in [-0.05, 0) is 57.3 Å². The molecule has 24 heavy (non-hydrogen) atoms. The fourth-order valence-corrected chi connectivity index (χ4v) is 5.11. The van der Waals surface area contributed by atoms with Crippen LogP contribution in [0.3, 0.4) is 0 Å². The Kier molecular flexibility index (Phi) is 4.22. The number of hydrogen-bond donors (Lipinski definition) is 1. The van der Waals surface area contributed by atoms with Crippen LogP contribution >= 0.6 is 0 Å². The van der Waals surface area contributed by atoms with E-state index in [1.165, 1.54) is 6.42 Å². The highest BCUT2D eigenvalue weighted by atomic mass is 16.6. The molecule has 1 unspecified atom stereocenters. The van der Waals surface area contributed by atoms with Crippen LogP contribution in [0.2, 0.25) is 0 Å². The molecule has 3 atom stereocenters. The molecule has 3 rings (SSSR count). The Hall–Kier alpha value is -1.10. The third-order valence-corrected chi connectivity index (χ3v) is 5.84. The van der Waals surface area contributed by atoms with Crippen LogP contribution in [0.1, 0.15) is 66.7 Å². The monoisotopic (exact) mass is 336 g/mol. The molecule has 5 heteroatoms. The quantitative estimate of drug-likeness (QED) is 0.801. The molecule has 0 radical (unpaired) electrons. The number of amides is 2. The smallest absolute Gasteiger partial charge is 0.254 e. The second-order valence-electron chi connectivity index (χ2n) is 9.53. The van der Waals surface area contributed by atoms with Gasteiger partial charge in [-0.25, -0.2) is 0 Å². The van der Waals surface area contributed by atoms with Gasteiger partial charge in [0.15, 0.2) is 5.72 Å². The lowest BCUT2D eigenvalue weighted by atomic mass is 9.67. The first-order valence-electron chi connectivity index (χ1n) is 9.34. The third kappa shape index (κ3) is 3.32. The molecular weight excluding hydrogens is 304 g/mol. The molecule has 0 aromatic rings. The summed E-state index contributed by atoms with van der Waals surface area (Å²) in [6, 6.07) is 0. The van der Waals surface area contributed by atoms with E-state index in [4.69, 9.17) is 4.74 Å². The van der Waals surface area contributed by atoms with E-state index in [2.05, 4.69) is 26.1 Å². The van der Waals surface area contributed by atoms with Gasteiger partial charge in [-0.3, -0.25) is 9.59 Å². The maximum absolute atomic E-state index is 13.1. The van der Waals surface area contributed by atoms with Crippen molar-refractivity contribution in [3.63, 3.8) is 0 Å². The van der Waals surface area contributed by atoms with E-state index in [0.717, 1.165) is 32.2 Å². The minimum Gasteiger partial charge on any atom is -0.338 e. The van der Waals surface area contributed by atoms with Crippen molar-refractivity contribution in [3.05, 3.63) is 0 Å².